The van der Waals surface area contributed by atoms with Gasteiger partial charge in [0.05, 0.1) is 11.0 Å². The van der Waals surface area contributed by atoms with Crippen LogP contribution in [0.2, 0.25) is 0 Å². The van der Waals surface area contributed by atoms with E-state index in [1.165, 1.54) is 6.07 Å². The van der Waals surface area contributed by atoms with Gasteiger partial charge in [0.15, 0.2) is 0 Å². The Labute approximate surface area is 123 Å². The molecule has 0 radical (unpaired) electrons. The predicted octanol–water partition coefficient (Wildman–Crippen LogP) is 4.38. The molecule has 1 N–H and O–H groups in total. The number of benzene rings is 2. The molecule has 0 saturated carbocycles. The minimum absolute atomic E-state index is 0.130. The van der Waals surface area contributed by atoms with Crippen molar-refractivity contribution >= 4 is 16.7 Å². The Bertz CT molecular complexity index is 854. The second kappa shape index (κ2) is 5.55. The van der Waals surface area contributed by atoms with E-state index in [1.54, 1.807) is 42.5 Å². The van der Waals surface area contributed by atoms with Gasteiger partial charge >= 0.3 is 6.18 Å². The molecule has 0 aliphatic carbocycles. The molecule has 22 heavy (non-hydrogen) atoms. The van der Waals surface area contributed by atoms with Crippen molar-refractivity contribution in [3.05, 3.63) is 71.8 Å². The molecule has 112 valence electrons. The molecule has 6 heteroatoms. The zero-order valence-electron chi connectivity index (χ0n) is 11.3. The van der Waals surface area contributed by atoms with E-state index in [-0.39, 0.29) is 10.9 Å². The molecule has 3 aromatic rings. The molecule has 0 bridgehead atoms. The van der Waals surface area contributed by atoms with Gasteiger partial charge in [-0.15, -0.1) is 0 Å². The summed E-state index contributed by atoms with van der Waals surface area (Å²) in [7, 11) is 0. The maximum atomic E-state index is 12.9. The molecule has 0 aliphatic rings. The number of fused-ring (bicyclic) bond motifs is 1. The van der Waals surface area contributed by atoms with Crippen LogP contribution >= 0.6 is 0 Å². The number of nitrogens with zero attached hydrogens (tertiary/aromatic N) is 1. The van der Waals surface area contributed by atoms with Crippen LogP contribution in [0.1, 0.15) is 5.76 Å². The summed E-state index contributed by atoms with van der Waals surface area (Å²) < 4.78 is 43.6. The highest BCUT2D eigenvalue weighted by atomic mass is 19.4. The Balaban J connectivity index is 2.14. The van der Waals surface area contributed by atoms with Gasteiger partial charge in [-0.2, -0.15) is 18.3 Å². The third-order valence-electron chi connectivity index (χ3n) is 3.01. The molecule has 0 aliphatic heterocycles. The van der Waals surface area contributed by atoms with Gasteiger partial charge in [-0.25, -0.2) is 0 Å². The summed E-state index contributed by atoms with van der Waals surface area (Å²) in [5.41, 5.74) is 3.56. The lowest BCUT2D eigenvalue weighted by Gasteiger charge is -2.07. The minimum atomic E-state index is -4.57. The van der Waals surface area contributed by atoms with Crippen molar-refractivity contribution < 1.29 is 17.6 Å². The molecule has 0 saturated heterocycles. The normalized spacial score (nSPS) is 12.6. The largest absolute Gasteiger partial charge is 0.451 e. The summed E-state index contributed by atoms with van der Waals surface area (Å²) in [4.78, 5) is 0. The van der Waals surface area contributed by atoms with Crippen molar-refractivity contribution in [1.82, 2.24) is 0 Å². The molecular formula is C16H11F3N2O. The summed E-state index contributed by atoms with van der Waals surface area (Å²) in [6, 6.07) is 16.3. The maximum Gasteiger partial charge on any atom is 0.449 e. The number of hydrogen-bond acceptors (Lipinski definition) is 3. The smallest absolute Gasteiger partial charge is 0.449 e. The average Bonchev–Trinajstić information content (AvgIpc) is 2.52. The molecular weight excluding hydrogens is 293 g/mol. The lowest BCUT2D eigenvalue weighted by atomic mass is 10.2. The van der Waals surface area contributed by atoms with Gasteiger partial charge in [0.2, 0.25) is 5.76 Å². The Morgan fingerprint density at radius 1 is 0.909 bits per heavy atom. The summed E-state index contributed by atoms with van der Waals surface area (Å²) in [6.45, 7) is 0. The average molecular weight is 304 g/mol. The first-order valence-corrected chi connectivity index (χ1v) is 6.49. The maximum absolute atomic E-state index is 12.9. The van der Waals surface area contributed by atoms with E-state index in [9.17, 15) is 13.2 Å². The molecule has 1 aromatic heterocycles. The van der Waals surface area contributed by atoms with E-state index in [1.807, 2.05) is 6.07 Å². The van der Waals surface area contributed by atoms with E-state index in [0.717, 1.165) is 6.07 Å². The quantitative estimate of drug-likeness (QED) is 0.713. The highest BCUT2D eigenvalue weighted by Crippen LogP contribution is 2.29. The van der Waals surface area contributed by atoms with Crippen LogP contribution in [0.15, 0.2) is 70.2 Å². The number of nitrogens with one attached hydrogen (secondary N) is 1. The van der Waals surface area contributed by atoms with Gasteiger partial charge in [0.25, 0.3) is 0 Å². The molecule has 1 heterocycles. The number of halogens is 3. The fourth-order valence-corrected chi connectivity index (χ4v) is 1.99. The van der Waals surface area contributed by atoms with Crippen LogP contribution in [0, 0.1) is 0 Å². The molecule has 0 spiro atoms. The van der Waals surface area contributed by atoms with Crippen molar-refractivity contribution in [2.75, 3.05) is 5.43 Å². The van der Waals surface area contributed by atoms with Crippen molar-refractivity contribution in [2.45, 2.75) is 6.18 Å². The summed E-state index contributed by atoms with van der Waals surface area (Å²) in [5.74, 6) is -1.08. The lowest BCUT2D eigenvalue weighted by molar-refractivity contribution is -0.152. The first kappa shape index (κ1) is 14.2. The van der Waals surface area contributed by atoms with Gasteiger partial charge in [-0.1, -0.05) is 30.3 Å². The highest BCUT2D eigenvalue weighted by molar-refractivity contribution is 5.76. The molecule has 3 rings (SSSR count). The van der Waals surface area contributed by atoms with Crippen LogP contribution < -0.4 is 10.8 Å². The second-order valence-electron chi connectivity index (χ2n) is 4.58. The van der Waals surface area contributed by atoms with Gasteiger partial charge < -0.3 is 4.42 Å². The number of para-hydroxylation sites is 2. The van der Waals surface area contributed by atoms with Crippen LogP contribution in [0.25, 0.3) is 11.0 Å². The number of rotatable bonds is 2. The van der Waals surface area contributed by atoms with Crippen LogP contribution in [-0.4, -0.2) is 0 Å². The zero-order valence-corrected chi connectivity index (χ0v) is 11.3. The van der Waals surface area contributed by atoms with Crippen LogP contribution in [0.3, 0.4) is 0 Å². The van der Waals surface area contributed by atoms with Gasteiger partial charge in [0, 0.05) is 11.5 Å². The molecule has 0 amide bonds. The summed E-state index contributed by atoms with van der Waals surface area (Å²) in [6.07, 6.45) is -4.57. The standard InChI is InChI=1S/C16H11F3N2O/c17-16(18,19)15-10-13(12-8-4-5-9-14(12)22-15)21-20-11-6-2-1-3-7-11/h1-10,20H. The molecule has 0 fully saturated rings. The van der Waals surface area contributed by atoms with Crippen molar-refractivity contribution in [2.24, 2.45) is 5.10 Å². The third kappa shape index (κ3) is 2.95. The molecule has 3 nitrogen and oxygen atoms in total. The summed E-state index contributed by atoms with van der Waals surface area (Å²) in [5, 5.41) is 4.73. The fraction of sp³-hybridized carbons (Fsp3) is 0.0625. The zero-order chi connectivity index (χ0) is 15.6. The number of alkyl halides is 3. The predicted molar refractivity (Wildman–Crippen MR) is 76.8 cm³/mol. The first-order valence-electron chi connectivity index (χ1n) is 6.49. The highest BCUT2D eigenvalue weighted by Gasteiger charge is 2.34. The van der Waals surface area contributed by atoms with E-state index in [2.05, 4.69) is 10.5 Å². The summed E-state index contributed by atoms with van der Waals surface area (Å²) >= 11 is 0. The fourth-order valence-electron chi connectivity index (χ4n) is 1.99. The number of anilines is 1. The third-order valence-corrected chi connectivity index (χ3v) is 3.01. The van der Waals surface area contributed by atoms with Crippen molar-refractivity contribution in [1.29, 1.82) is 0 Å². The monoisotopic (exact) mass is 304 g/mol. The molecule has 0 atom stereocenters. The van der Waals surface area contributed by atoms with Gasteiger partial charge in [-0.3, -0.25) is 5.43 Å². The number of hydrogen-bond donors (Lipinski definition) is 1. The van der Waals surface area contributed by atoms with Gasteiger partial charge in [0.1, 0.15) is 5.58 Å². The Morgan fingerprint density at radius 2 is 1.59 bits per heavy atom. The van der Waals surface area contributed by atoms with Gasteiger partial charge in [-0.05, 0) is 24.3 Å². The van der Waals surface area contributed by atoms with Crippen LogP contribution in [0.5, 0.6) is 0 Å². The first-order chi connectivity index (χ1) is 10.5. The molecule has 0 unspecified atom stereocenters. The van der Waals surface area contributed by atoms with Crippen LogP contribution in [-0.2, 0) is 6.18 Å². The van der Waals surface area contributed by atoms with Crippen molar-refractivity contribution in [3.63, 3.8) is 0 Å². The van der Waals surface area contributed by atoms with E-state index >= 15 is 0 Å². The Morgan fingerprint density at radius 3 is 2.32 bits per heavy atom. The Kier molecular flexibility index (Phi) is 3.58. The van der Waals surface area contributed by atoms with Crippen molar-refractivity contribution in [3.8, 4) is 0 Å². The van der Waals surface area contributed by atoms with E-state index in [4.69, 9.17) is 4.42 Å². The second-order valence-corrected chi connectivity index (χ2v) is 4.58. The lowest BCUT2D eigenvalue weighted by Crippen LogP contribution is -2.13. The molecule has 2 aromatic carbocycles. The topological polar surface area (TPSA) is 37.5 Å². The SMILES string of the molecule is FC(F)(F)c1cc(=NNc2ccccc2)c2ccccc2o1. The Hall–Kier alpha value is -2.76. The van der Waals surface area contributed by atoms with E-state index < -0.39 is 11.9 Å². The minimum Gasteiger partial charge on any atom is -0.451 e. The van der Waals surface area contributed by atoms with E-state index in [0.29, 0.717) is 11.1 Å². The van der Waals surface area contributed by atoms with Crippen LogP contribution in [0.4, 0.5) is 18.9 Å².